The van der Waals surface area contributed by atoms with Gasteiger partial charge < -0.3 is 4.74 Å². The van der Waals surface area contributed by atoms with Crippen LogP contribution < -0.4 is 0 Å². The molecule has 2 aromatic carbocycles. The number of carbonyl (C=O) groups is 1. The number of rotatable bonds is 7. The Labute approximate surface area is 145 Å². The van der Waals surface area contributed by atoms with Gasteiger partial charge in [-0.2, -0.15) is 0 Å². The maximum Gasteiger partial charge on any atom is 0.338 e. The second kappa shape index (κ2) is 8.68. The molecule has 2 heteroatoms. The van der Waals surface area contributed by atoms with Crippen molar-refractivity contribution in [1.29, 1.82) is 0 Å². The van der Waals surface area contributed by atoms with Crippen molar-refractivity contribution < 1.29 is 9.53 Å². The Balaban J connectivity index is 2.06. The monoisotopic (exact) mass is 324 g/mol. The highest BCUT2D eigenvalue weighted by molar-refractivity contribution is 5.91. The fourth-order valence-corrected chi connectivity index (χ4v) is 2.87. The van der Waals surface area contributed by atoms with E-state index in [4.69, 9.17) is 4.74 Å². The summed E-state index contributed by atoms with van der Waals surface area (Å²) in [6, 6.07) is 18.1. The number of ether oxygens (including phenoxy) is 1. The zero-order chi connectivity index (χ0) is 17.5. The molecular weight excluding hydrogens is 296 g/mol. The highest BCUT2D eigenvalue weighted by atomic mass is 16.5. The van der Waals surface area contributed by atoms with Crippen molar-refractivity contribution in [2.24, 2.45) is 5.92 Å². The first-order valence-electron chi connectivity index (χ1n) is 8.83. The third-order valence-electron chi connectivity index (χ3n) is 4.37. The smallest absolute Gasteiger partial charge is 0.338 e. The van der Waals surface area contributed by atoms with Gasteiger partial charge in [-0.25, -0.2) is 4.79 Å². The van der Waals surface area contributed by atoms with E-state index in [-0.39, 0.29) is 12.1 Å². The summed E-state index contributed by atoms with van der Waals surface area (Å²) in [6.07, 6.45) is 1.69. The summed E-state index contributed by atoms with van der Waals surface area (Å²) in [5, 5.41) is 0. The van der Waals surface area contributed by atoms with Crippen LogP contribution >= 0.6 is 0 Å². The molecule has 0 spiro atoms. The number of hydrogen-bond acceptors (Lipinski definition) is 2. The van der Waals surface area contributed by atoms with Crippen LogP contribution in [0.3, 0.4) is 0 Å². The number of hydrogen-bond donors (Lipinski definition) is 0. The summed E-state index contributed by atoms with van der Waals surface area (Å²) in [4.78, 5) is 12.7. The van der Waals surface area contributed by atoms with Gasteiger partial charge in [-0.15, -0.1) is 0 Å². The Morgan fingerprint density at radius 3 is 2.17 bits per heavy atom. The first-order valence-corrected chi connectivity index (χ1v) is 8.83. The number of esters is 1. The van der Waals surface area contributed by atoms with Crippen molar-refractivity contribution in [3.8, 4) is 0 Å². The number of benzene rings is 2. The van der Waals surface area contributed by atoms with Crippen molar-refractivity contribution in [1.82, 2.24) is 0 Å². The quantitative estimate of drug-likeness (QED) is 0.617. The molecule has 0 saturated carbocycles. The topological polar surface area (TPSA) is 26.3 Å². The fraction of sp³-hybridized carbons (Fsp3) is 0.409. The van der Waals surface area contributed by atoms with E-state index in [1.54, 1.807) is 0 Å². The molecule has 128 valence electrons. The van der Waals surface area contributed by atoms with E-state index in [2.05, 4.69) is 39.8 Å². The lowest BCUT2D eigenvalue weighted by Crippen LogP contribution is -2.25. The van der Waals surface area contributed by atoms with Gasteiger partial charge in [0.05, 0.1) is 5.56 Å². The average molecular weight is 324 g/mol. The lowest BCUT2D eigenvalue weighted by Gasteiger charge is -2.22. The molecule has 2 nitrogen and oxygen atoms in total. The Morgan fingerprint density at radius 2 is 1.54 bits per heavy atom. The minimum Gasteiger partial charge on any atom is -0.458 e. The highest BCUT2D eigenvalue weighted by Gasteiger charge is 2.21. The molecule has 1 unspecified atom stereocenters. The molecule has 0 radical (unpaired) electrons. The van der Waals surface area contributed by atoms with Crippen molar-refractivity contribution in [3.05, 3.63) is 71.3 Å². The average Bonchev–Trinajstić information content (AvgIpc) is 2.59. The van der Waals surface area contributed by atoms with Gasteiger partial charge >= 0.3 is 5.97 Å². The van der Waals surface area contributed by atoms with Crippen LogP contribution in [0.25, 0.3) is 0 Å². The van der Waals surface area contributed by atoms with Crippen LogP contribution in [0.2, 0.25) is 0 Å². The molecule has 24 heavy (non-hydrogen) atoms. The summed E-state index contributed by atoms with van der Waals surface area (Å²) in [7, 11) is 0. The summed E-state index contributed by atoms with van der Waals surface area (Å²) in [6.45, 7) is 8.41. The summed E-state index contributed by atoms with van der Waals surface area (Å²) < 4.78 is 5.87. The van der Waals surface area contributed by atoms with Gasteiger partial charge in [0.2, 0.25) is 0 Å². The number of aryl methyl sites for hydroxylation is 1. The zero-order valence-corrected chi connectivity index (χ0v) is 15.2. The zero-order valence-electron chi connectivity index (χ0n) is 15.2. The van der Waals surface area contributed by atoms with Crippen LogP contribution in [0, 0.1) is 5.92 Å². The van der Waals surface area contributed by atoms with Crippen LogP contribution in [0.1, 0.15) is 61.5 Å². The van der Waals surface area contributed by atoms with Crippen molar-refractivity contribution in [2.75, 3.05) is 0 Å². The maximum atomic E-state index is 12.7. The van der Waals surface area contributed by atoms with Crippen LogP contribution in [0.15, 0.2) is 54.6 Å². The summed E-state index contributed by atoms with van der Waals surface area (Å²) >= 11 is 0. The standard InChI is InChI=1S/C22H28O2/c1-16(2)19-12-8-9-13-20(19)22(23)24-21(17(3)4)15-14-18-10-6-5-7-11-18/h5-13,16-17,21H,14-15H2,1-4H3. The minimum atomic E-state index is -0.203. The molecule has 2 rings (SSSR count). The predicted octanol–water partition coefficient (Wildman–Crippen LogP) is 5.62. The van der Waals surface area contributed by atoms with E-state index in [1.807, 2.05) is 42.5 Å². The van der Waals surface area contributed by atoms with Crippen molar-refractivity contribution in [2.45, 2.75) is 52.6 Å². The first-order chi connectivity index (χ1) is 11.5. The van der Waals surface area contributed by atoms with Gasteiger partial charge in [-0.1, -0.05) is 76.2 Å². The van der Waals surface area contributed by atoms with E-state index < -0.39 is 0 Å². The third kappa shape index (κ3) is 4.95. The van der Waals surface area contributed by atoms with Gasteiger partial charge in [0.15, 0.2) is 0 Å². The molecule has 0 bridgehead atoms. The van der Waals surface area contributed by atoms with E-state index in [9.17, 15) is 4.79 Å². The molecular formula is C22H28O2. The molecule has 0 aromatic heterocycles. The Kier molecular flexibility index (Phi) is 6.60. The lowest BCUT2D eigenvalue weighted by molar-refractivity contribution is 0.0158. The SMILES string of the molecule is CC(C)c1ccccc1C(=O)OC(CCc1ccccc1)C(C)C. The number of carbonyl (C=O) groups excluding carboxylic acids is 1. The van der Waals surface area contributed by atoms with Crippen LogP contribution in [-0.2, 0) is 11.2 Å². The van der Waals surface area contributed by atoms with E-state index in [0.29, 0.717) is 17.4 Å². The molecule has 2 aromatic rings. The van der Waals surface area contributed by atoms with Crippen molar-refractivity contribution >= 4 is 5.97 Å². The van der Waals surface area contributed by atoms with E-state index >= 15 is 0 Å². The molecule has 0 aliphatic rings. The molecule has 0 aliphatic heterocycles. The van der Waals surface area contributed by atoms with Gasteiger partial charge in [0.25, 0.3) is 0 Å². The summed E-state index contributed by atoms with van der Waals surface area (Å²) in [5.74, 6) is 0.394. The van der Waals surface area contributed by atoms with E-state index in [0.717, 1.165) is 18.4 Å². The molecule has 0 heterocycles. The Bertz CT molecular complexity index is 644. The van der Waals surface area contributed by atoms with Gasteiger partial charge in [-0.3, -0.25) is 0 Å². The molecule has 0 amide bonds. The lowest BCUT2D eigenvalue weighted by atomic mass is 9.96. The largest absolute Gasteiger partial charge is 0.458 e. The maximum absolute atomic E-state index is 12.7. The molecule has 0 N–H and O–H groups in total. The second-order valence-electron chi connectivity index (χ2n) is 6.95. The molecule has 0 aliphatic carbocycles. The Hall–Kier alpha value is -2.09. The van der Waals surface area contributed by atoms with Gasteiger partial charge in [0, 0.05) is 0 Å². The molecule has 1 atom stereocenters. The Morgan fingerprint density at radius 1 is 0.917 bits per heavy atom. The van der Waals surface area contributed by atoms with Crippen LogP contribution in [0.5, 0.6) is 0 Å². The predicted molar refractivity (Wildman–Crippen MR) is 99.3 cm³/mol. The minimum absolute atomic E-state index is 0.0714. The van der Waals surface area contributed by atoms with Gasteiger partial charge in [0.1, 0.15) is 6.10 Å². The fourth-order valence-electron chi connectivity index (χ4n) is 2.87. The van der Waals surface area contributed by atoms with Gasteiger partial charge in [-0.05, 0) is 41.9 Å². The van der Waals surface area contributed by atoms with E-state index in [1.165, 1.54) is 5.56 Å². The van der Waals surface area contributed by atoms with Crippen LogP contribution in [-0.4, -0.2) is 12.1 Å². The normalized spacial score (nSPS) is 12.4. The second-order valence-corrected chi connectivity index (χ2v) is 6.95. The molecule has 0 saturated heterocycles. The van der Waals surface area contributed by atoms with Crippen molar-refractivity contribution in [3.63, 3.8) is 0 Å². The first kappa shape index (κ1) is 18.3. The summed E-state index contributed by atoms with van der Waals surface area (Å²) in [5.41, 5.74) is 3.02. The highest BCUT2D eigenvalue weighted by Crippen LogP contribution is 2.22. The van der Waals surface area contributed by atoms with Crippen LogP contribution in [0.4, 0.5) is 0 Å². The molecule has 0 fully saturated rings. The third-order valence-corrected chi connectivity index (χ3v) is 4.37.